The minimum atomic E-state index is -4.82. The van der Waals surface area contributed by atoms with Crippen LogP contribution in [-0.2, 0) is 5.33 Å². The molecule has 0 aromatic carbocycles. The van der Waals surface area contributed by atoms with E-state index < -0.39 is 12.2 Å². The molecule has 3 nitrogen and oxygen atoms in total. The summed E-state index contributed by atoms with van der Waals surface area (Å²) in [5, 5.41) is 0.153. The van der Waals surface area contributed by atoms with Crippen LogP contribution in [0.15, 0.2) is 6.07 Å². The normalized spacial score (nSPS) is 11.3. The first-order valence-corrected chi connectivity index (χ1v) is 6.03. The number of pyridine rings is 1. The van der Waals surface area contributed by atoms with Gasteiger partial charge in [0.25, 0.3) is 0 Å². The maximum Gasteiger partial charge on any atom is 0.574 e. The third-order valence-electron chi connectivity index (χ3n) is 1.51. The van der Waals surface area contributed by atoms with E-state index >= 15 is 0 Å². The number of hydrogen-bond donors (Lipinski definition) is 0. The largest absolute Gasteiger partial charge is 0.574 e. The highest BCUT2D eigenvalue weighted by atomic mass is 127. The van der Waals surface area contributed by atoms with Gasteiger partial charge < -0.3 is 4.74 Å². The van der Waals surface area contributed by atoms with E-state index in [1.54, 1.807) is 0 Å². The molecule has 8 heteroatoms. The Labute approximate surface area is 111 Å². The van der Waals surface area contributed by atoms with E-state index in [9.17, 15) is 18.0 Å². The lowest BCUT2D eigenvalue weighted by Crippen LogP contribution is -2.19. The molecule has 0 saturated heterocycles. The average Bonchev–Trinajstić information content (AvgIpc) is 2.18. The second-order valence-electron chi connectivity index (χ2n) is 2.62. The summed E-state index contributed by atoms with van der Waals surface area (Å²) in [5.74, 6) is -0.605. The van der Waals surface area contributed by atoms with Crippen molar-refractivity contribution in [2.45, 2.75) is 11.7 Å². The molecule has 0 unspecified atom stereocenters. The third kappa shape index (κ3) is 3.58. The minimum Gasteiger partial charge on any atom is -0.388 e. The molecule has 0 N–H and O–H groups in total. The van der Waals surface area contributed by atoms with E-state index in [2.05, 4.69) is 25.7 Å². The SMILES string of the molecule is O=Cc1nc(OC(F)(F)F)c(CBr)cc1I. The lowest BCUT2D eigenvalue weighted by molar-refractivity contribution is -0.276. The average molecular weight is 410 g/mol. The summed E-state index contributed by atoms with van der Waals surface area (Å²) in [4.78, 5) is 14.0. The summed E-state index contributed by atoms with van der Waals surface area (Å²) in [6.45, 7) is 0. The summed E-state index contributed by atoms with van der Waals surface area (Å²) in [6.07, 6.45) is -4.44. The van der Waals surface area contributed by atoms with Gasteiger partial charge in [-0.05, 0) is 28.7 Å². The molecule has 1 rings (SSSR count). The topological polar surface area (TPSA) is 39.2 Å². The molecule has 0 atom stereocenters. The first-order chi connectivity index (χ1) is 7.37. The molecule has 0 amide bonds. The van der Waals surface area contributed by atoms with Gasteiger partial charge in [-0.1, -0.05) is 15.9 Å². The Morgan fingerprint density at radius 1 is 1.56 bits per heavy atom. The van der Waals surface area contributed by atoms with Crippen LogP contribution in [0.1, 0.15) is 16.1 Å². The molecule has 1 heterocycles. The number of nitrogens with zero attached hydrogens (tertiary/aromatic N) is 1. The van der Waals surface area contributed by atoms with E-state index in [1.807, 2.05) is 22.6 Å². The monoisotopic (exact) mass is 409 g/mol. The van der Waals surface area contributed by atoms with Crippen molar-refractivity contribution in [1.29, 1.82) is 0 Å². The lowest BCUT2D eigenvalue weighted by atomic mass is 10.3. The van der Waals surface area contributed by atoms with Crippen molar-refractivity contribution in [3.05, 3.63) is 20.9 Å². The number of ether oxygens (including phenoxy) is 1. The van der Waals surface area contributed by atoms with Gasteiger partial charge in [-0.3, -0.25) is 4.79 Å². The molecule has 0 saturated carbocycles. The van der Waals surface area contributed by atoms with Crippen LogP contribution in [0, 0.1) is 3.57 Å². The number of rotatable bonds is 3. The zero-order chi connectivity index (χ0) is 12.3. The summed E-state index contributed by atoms with van der Waals surface area (Å²) < 4.78 is 40.3. The molecule has 88 valence electrons. The first kappa shape index (κ1) is 13.7. The van der Waals surface area contributed by atoms with Crippen LogP contribution >= 0.6 is 38.5 Å². The van der Waals surface area contributed by atoms with Gasteiger partial charge in [0.2, 0.25) is 5.88 Å². The molecule has 1 aromatic heterocycles. The molecule has 0 spiro atoms. The molecule has 0 radical (unpaired) electrons. The predicted molar refractivity (Wildman–Crippen MR) is 61.7 cm³/mol. The van der Waals surface area contributed by atoms with E-state index in [-0.39, 0.29) is 16.6 Å². The Morgan fingerprint density at radius 2 is 2.19 bits per heavy atom. The van der Waals surface area contributed by atoms with Crippen molar-refractivity contribution in [3.63, 3.8) is 0 Å². The van der Waals surface area contributed by atoms with Crippen molar-refractivity contribution in [1.82, 2.24) is 4.98 Å². The summed E-state index contributed by atoms with van der Waals surface area (Å²) >= 11 is 4.83. The van der Waals surface area contributed by atoms with Crippen LogP contribution < -0.4 is 4.74 Å². The van der Waals surface area contributed by atoms with Gasteiger partial charge in [0.1, 0.15) is 5.69 Å². The maximum atomic E-state index is 12.0. The van der Waals surface area contributed by atoms with E-state index in [0.717, 1.165) is 0 Å². The third-order valence-corrected chi connectivity index (χ3v) is 2.98. The predicted octanol–water partition coefficient (Wildman–Crippen LogP) is 3.29. The van der Waals surface area contributed by atoms with Crippen molar-refractivity contribution in [2.24, 2.45) is 0 Å². The van der Waals surface area contributed by atoms with Gasteiger partial charge in [0.05, 0.1) is 0 Å². The number of hydrogen-bond acceptors (Lipinski definition) is 3. The molecule has 0 aliphatic carbocycles. The van der Waals surface area contributed by atoms with Crippen LogP contribution in [0.4, 0.5) is 13.2 Å². The summed E-state index contributed by atoms with van der Waals surface area (Å²) in [7, 11) is 0. The van der Waals surface area contributed by atoms with Crippen molar-refractivity contribution in [2.75, 3.05) is 0 Å². The second kappa shape index (κ2) is 5.30. The fraction of sp³-hybridized carbons (Fsp3) is 0.250. The molecule has 0 bridgehead atoms. The van der Waals surface area contributed by atoms with Crippen LogP contribution in [0.3, 0.4) is 0 Å². The Balaban J connectivity index is 3.20. The smallest absolute Gasteiger partial charge is 0.388 e. The Morgan fingerprint density at radius 3 is 2.62 bits per heavy atom. The van der Waals surface area contributed by atoms with Gasteiger partial charge in [0.15, 0.2) is 6.29 Å². The quantitative estimate of drug-likeness (QED) is 0.437. The minimum absolute atomic E-state index is 0.0791. The van der Waals surface area contributed by atoms with Crippen molar-refractivity contribution < 1.29 is 22.7 Å². The summed E-state index contributed by atoms with van der Waals surface area (Å²) in [6, 6.07) is 1.41. The van der Waals surface area contributed by atoms with E-state index in [4.69, 9.17) is 0 Å². The Hall–Kier alpha value is -0.380. The highest BCUT2D eigenvalue weighted by molar-refractivity contribution is 14.1. The number of carbonyl (C=O) groups excluding carboxylic acids is 1. The fourth-order valence-electron chi connectivity index (χ4n) is 0.900. The van der Waals surface area contributed by atoms with Gasteiger partial charge in [-0.25, -0.2) is 4.98 Å². The molecular weight excluding hydrogens is 406 g/mol. The van der Waals surface area contributed by atoms with Gasteiger partial charge in [0, 0.05) is 14.5 Å². The number of carbonyl (C=O) groups is 1. The number of aldehydes is 1. The van der Waals surface area contributed by atoms with Crippen molar-refractivity contribution >= 4 is 44.8 Å². The Kier molecular flexibility index (Phi) is 4.53. The van der Waals surface area contributed by atoms with Crippen LogP contribution in [0.5, 0.6) is 5.88 Å². The molecule has 1 aromatic rings. The molecule has 0 aliphatic rings. The summed E-state index contributed by atoms with van der Waals surface area (Å²) in [5.41, 5.74) is 0.150. The molecule has 0 aliphatic heterocycles. The van der Waals surface area contributed by atoms with Crippen LogP contribution in [0.2, 0.25) is 0 Å². The second-order valence-corrected chi connectivity index (χ2v) is 4.34. The van der Waals surface area contributed by atoms with E-state index in [0.29, 0.717) is 9.86 Å². The van der Waals surface area contributed by atoms with Gasteiger partial charge >= 0.3 is 6.36 Å². The van der Waals surface area contributed by atoms with Crippen molar-refractivity contribution in [3.8, 4) is 5.88 Å². The number of alkyl halides is 4. The standard InChI is InChI=1S/C8H4BrF3INO2/c9-2-4-1-5(13)6(3-15)14-7(4)16-8(10,11)12/h1,3H,2H2. The zero-order valence-corrected chi connectivity index (χ0v) is 11.3. The van der Waals surface area contributed by atoms with Crippen LogP contribution in [0.25, 0.3) is 0 Å². The first-order valence-electron chi connectivity index (χ1n) is 3.83. The maximum absolute atomic E-state index is 12.0. The lowest BCUT2D eigenvalue weighted by Gasteiger charge is -2.11. The fourth-order valence-corrected chi connectivity index (χ4v) is 1.92. The Bertz CT molecular complexity index is 411. The number of aromatic nitrogens is 1. The van der Waals surface area contributed by atoms with Crippen LogP contribution in [-0.4, -0.2) is 17.6 Å². The number of halogens is 5. The molecule has 0 fully saturated rings. The highest BCUT2D eigenvalue weighted by Gasteiger charge is 2.33. The highest BCUT2D eigenvalue weighted by Crippen LogP contribution is 2.28. The molecular formula is C8H4BrF3INO2. The van der Waals surface area contributed by atoms with Gasteiger partial charge in [-0.15, -0.1) is 13.2 Å². The van der Waals surface area contributed by atoms with E-state index in [1.165, 1.54) is 6.07 Å². The zero-order valence-electron chi connectivity index (χ0n) is 7.52. The molecule has 16 heavy (non-hydrogen) atoms. The van der Waals surface area contributed by atoms with Gasteiger partial charge in [-0.2, -0.15) is 0 Å².